The Bertz CT molecular complexity index is 402. The summed E-state index contributed by atoms with van der Waals surface area (Å²) in [7, 11) is 5.76. The lowest BCUT2D eigenvalue weighted by Crippen LogP contribution is -2.31. The zero-order valence-electron chi connectivity index (χ0n) is 11.2. The predicted molar refractivity (Wildman–Crippen MR) is 72.8 cm³/mol. The van der Waals surface area contributed by atoms with E-state index < -0.39 is 0 Å². The SMILES string of the molecule is CCN(C)C(=O)Nc1ccc(C)c(N(C)C)c1. The monoisotopic (exact) mass is 235 g/mol. The maximum absolute atomic E-state index is 11.7. The molecule has 1 aromatic rings. The maximum Gasteiger partial charge on any atom is 0.321 e. The third-order valence-corrected chi connectivity index (χ3v) is 2.76. The molecule has 0 fully saturated rings. The fourth-order valence-corrected chi connectivity index (χ4v) is 1.53. The van der Waals surface area contributed by atoms with E-state index in [-0.39, 0.29) is 6.03 Å². The number of carbonyl (C=O) groups is 1. The van der Waals surface area contributed by atoms with Gasteiger partial charge in [-0.05, 0) is 31.5 Å². The number of benzene rings is 1. The van der Waals surface area contributed by atoms with Crippen molar-refractivity contribution in [2.24, 2.45) is 0 Å². The fourth-order valence-electron chi connectivity index (χ4n) is 1.53. The second-order valence-corrected chi connectivity index (χ2v) is 4.34. The number of rotatable bonds is 3. The van der Waals surface area contributed by atoms with Gasteiger partial charge >= 0.3 is 6.03 Å². The Morgan fingerprint density at radius 2 is 1.94 bits per heavy atom. The van der Waals surface area contributed by atoms with Gasteiger partial charge in [-0.3, -0.25) is 0 Å². The lowest BCUT2D eigenvalue weighted by molar-refractivity contribution is 0.224. The number of amides is 2. The molecule has 17 heavy (non-hydrogen) atoms. The minimum atomic E-state index is -0.0824. The summed E-state index contributed by atoms with van der Waals surface area (Å²) in [4.78, 5) is 15.4. The smallest absolute Gasteiger partial charge is 0.321 e. The molecule has 0 radical (unpaired) electrons. The first-order valence-corrected chi connectivity index (χ1v) is 5.75. The van der Waals surface area contributed by atoms with Crippen molar-refractivity contribution in [2.45, 2.75) is 13.8 Å². The summed E-state index contributed by atoms with van der Waals surface area (Å²) in [6, 6.07) is 5.83. The van der Waals surface area contributed by atoms with Gasteiger partial charge in [0.15, 0.2) is 0 Å². The molecule has 4 heteroatoms. The Labute approximate surface area is 103 Å². The number of nitrogens with one attached hydrogen (secondary N) is 1. The van der Waals surface area contributed by atoms with E-state index in [9.17, 15) is 4.79 Å². The molecule has 1 rings (SSSR count). The summed E-state index contributed by atoms with van der Waals surface area (Å²) in [5.74, 6) is 0. The van der Waals surface area contributed by atoms with Crippen LogP contribution < -0.4 is 10.2 Å². The van der Waals surface area contributed by atoms with Gasteiger partial charge in [0.2, 0.25) is 0 Å². The Hall–Kier alpha value is -1.71. The van der Waals surface area contributed by atoms with Crippen molar-refractivity contribution in [1.29, 1.82) is 0 Å². The van der Waals surface area contributed by atoms with Gasteiger partial charge in [-0.25, -0.2) is 4.79 Å². The third-order valence-electron chi connectivity index (χ3n) is 2.76. The molecule has 0 bridgehead atoms. The van der Waals surface area contributed by atoms with Crippen LogP contribution in [0.2, 0.25) is 0 Å². The molecule has 0 saturated carbocycles. The Morgan fingerprint density at radius 1 is 1.29 bits per heavy atom. The number of anilines is 2. The highest BCUT2D eigenvalue weighted by atomic mass is 16.2. The highest BCUT2D eigenvalue weighted by molar-refractivity contribution is 5.89. The molecule has 0 aromatic heterocycles. The summed E-state index contributed by atoms with van der Waals surface area (Å²) in [5.41, 5.74) is 3.13. The summed E-state index contributed by atoms with van der Waals surface area (Å²) in [6.45, 7) is 4.69. The average molecular weight is 235 g/mol. The Balaban J connectivity index is 2.86. The van der Waals surface area contributed by atoms with E-state index in [0.717, 1.165) is 11.4 Å². The average Bonchev–Trinajstić information content (AvgIpc) is 2.30. The van der Waals surface area contributed by atoms with Crippen molar-refractivity contribution in [3.05, 3.63) is 23.8 Å². The van der Waals surface area contributed by atoms with E-state index in [1.807, 2.05) is 44.1 Å². The quantitative estimate of drug-likeness (QED) is 0.874. The first kappa shape index (κ1) is 13.4. The number of aryl methyl sites for hydroxylation is 1. The number of urea groups is 1. The minimum Gasteiger partial charge on any atom is -0.377 e. The topological polar surface area (TPSA) is 35.6 Å². The van der Waals surface area contributed by atoms with E-state index in [4.69, 9.17) is 0 Å². The van der Waals surface area contributed by atoms with Gasteiger partial charge in [0.05, 0.1) is 0 Å². The van der Waals surface area contributed by atoms with Crippen molar-refractivity contribution in [3.63, 3.8) is 0 Å². The van der Waals surface area contributed by atoms with Gasteiger partial charge in [-0.1, -0.05) is 6.07 Å². The van der Waals surface area contributed by atoms with Crippen LogP contribution in [0.5, 0.6) is 0 Å². The molecule has 0 atom stereocenters. The van der Waals surface area contributed by atoms with Crippen LogP contribution in [-0.4, -0.2) is 38.6 Å². The molecule has 0 saturated heterocycles. The van der Waals surface area contributed by atoms with Crippen molar-refractivity contribution in [3.8, 4) is 0 Å². The van der Waals surface area contributed by atoms with E-state index in [0.29, 0.717) is 6.54 Å². The van der Waals surface area contributed by atoms with Gasteiger partial charge in [-0.2, -0.15) is 0 Å². The van der Waals surface area contributed by atoms with Crippen molar-refractivity contribution in [2.75, 3.05) is 37.9 Å². The third kappa shape index (κ3) is 3.37. The molecule has 0 heterocycles. The fraction of sp³-hybridized carbons (Fsp3) is 0.462. The molecule has 0 aliphatic carbocycles. The highest BCUT2D eigenvalue weighted by Crippen LogP contribution is 2.22. The summed E-state index contributed by atoms with van der Waals surface area (Å²) >= 11 is 0. The predicted octanol–water partition coefficient (Wildman–Crippen LogP) is 2.54. The standard InChI is InChI=1S/C13H21N3O/c1-6-16(5)13(17)14-11-8-7-10(2)12(9-11)15(3)4/h7-9H,6H2,1-5H3,(H,14,17). The maximum atomic E-state index is 11.7. The molecule has 0 unspecified atom stereocenters. The first-order valence-electron chi connectivity index (χ1n) is 5.75. The van der Waals surface area contributed by atoms with Crippen LogP contribution in [0.25, 0.3) is 0 Å². The Kier molecular flexibility index (Phi) is 4.37. The van der Waals surface area contributed by atoms with Gasteiger partial charge in [0.1, 0.15) is 0 Å². The Morgan fingerprint density at radius 3 is 2.47 bits per heavy atom. The second kappa shape index (κ2) is 5.57. The first-order chi connectivity index (χ1) is 7.95. The number of hydrogen-bond donors (Lipinski definition) is 1. The molecule has 0 aliphatic heterocycles. The van der Waals surface area contributed by atoms with Gasteiger partial charge in [0.25, 0.3) is 0 Å². The van der Waals surface area contributed by atoms with E-state index in [1.54, 1.807) is 11.9 Å². The van der Waals surface area contributed by atoms with Gasteiger partial charge in [0, 0.05) is 39.1 Å². The molecule has 4 nitrogen and oxygen atoms in total. The van der Waals surface area contributed by atoms with Crippen LogP contribution in [0.1, 0.15) is 12.5 Å². The van der Waals surface area contributed by atoms with Crippen LogP contribution >= 0.6 is 0 Å². The summed E-state index contributed by atoms with van der Waals surface area (Å²) in [5, 5.41) is 2.88. The van der Waals surface area contributed by atoms with E-state index >= 15 is 0 Å². The highest BCUT2D eigenvalue weighted by Gasteiger charge is 2.08. The zero-order valence-corrected chi connectivity index (χ0v) is 11.2. The zero-order chi connectivity index (χ0) is 13.0. The van der Waals surface area contributed by atoms with Crippen LogP contribution in [0, 0.1) is 6.92 Å². The lowest BCUT2D eigenvalue weighted by atomic mass is 10.1. The van der Waals surface area contributed by atoms with Crippen molar-refractivity contribution < 1.29 is 4.79 Å². The van der Waals surface area contributed by atoms with E-state index in [2.05, 4.69) is 12.2 Å². The molecule has 1 N–H and O–H groups in total. The lowest BCUT2D eigenvalue weighted by Gasteiger charge is -2.19. The van der Waals surface area contributed by atoms with Crippen molar-refractivity contribution >= 4 is 17.4 Å². The molecule has 0 aliphatic rings. The molecule has 94 valence electrons. The van der Waals surface area contributed by atoms with Gasteiger partial charge < -0.3 is 15.1 Å². The normalized spacial score (nSPS) is 9.94. The number of carbonyl (C=O) groups excluding carboxylic acids is 1. The molecular weight excluding hydrogens is 214 g/mol. The summed E-state index contributed by atoms with van der Waals surface area (Å²) < 4.78 is 0. The molecule has 1 aromatic carbocycles. The number of hydrogen-bond acceptors (Lipinski definition) is 2. The molecular formula is C13H21N3O. The second-order valence-electron chi connectivity index (χ2n) is 4.34. The summed E-state index contributed by atoms with van der Waals surface area (Å²) in [6.07, 6.45) is 0. The van der Waals surface area contributed by atoms with Crippen LogP contribution in [0.15, 0.2) is 18.2 Å². The van der Waals surface area contributed by atoms with Crippen LogP contribution in [-0.2, 0) is 0 Å². The largest absolute Gasteiger partial charge is 0.377 e. The van der Waals surface area contributed by atoms with Crippen LogP contribution in [0.3, 0.4) is 0 Å². The van der Waals surface area contributed by atoms with Gasteiger partial charge in [-0.15, -0.1) is 0 Å². The number of nitrogens with zero attached hydrogens (tertiary/aromatic N) is 2. The minimum absolute atomic E-state index is 0.0824. The van der Waals surface area contributed by atoms with E-state index in [1.165, 1.54) is 5.56 Å². The molecule has 0 spiro atoms. The molecule has 2 amide bonds. The van der Waals surface area contributed by atoms with Crippen LogP contribution in [0.4, 0.5) is 16.2 Å². The van der Waals surface area contributed by atoms with Crippen molar-refractivity contribution in [1.82, 2.24) is 4.90 Å².